The van der Waals surface area contributed by atoms with Crippen molar-refractivity contribution in [3.05, 3.63) is 83.3 Å². The number of imidazole rings is 1. The maximum Gasteiger partial charge on any atom is 0.167 e. The normalized spacial score (nSPS) is 11.8. The summed E-state index contributed by atoms with van der Waals surface area (Å²) < 4.78 is 1.89. The molecule has 6 heteroatoms. The van der Waals surface area contributed by atoms with Gasteiger partial charge in [0.1, 0.15) is 17.2 Å². The van der Waals surface area contributed by atoms with Crippen molar-refractivity contribution in [3.8, 4) is 11.3 Å². The maximum absolute atomic E-state index is 6.45. The Hall–Kier alpha value is -3.15. The lowest BCUT2D eigenvalue weighted by Crippen LogP contribution is -2.32. The standard InChI is InChI=1S/C22H22ClN5/c1-4-14-28-19(5-2)26-20(17-8-6-7-9-18(17)23)21(28)22(27-24)25-16-12-10-15(3)11-13-16/h4-14H,2,24H2,1,3H3,(H,25,27)/b14-4-. The average Bonchev–Trinajstić information content (AvgIpc) is 3.06. The minimum Gasteiger partial charge on any atom is -0.307 e. The van der Waals surface area contributed by atoms with Crippen LogP contribution in [0.2, 0.25) is 5.02 Å². The molecule has 0 bridgehead atoms. The minimum absolute atomic E-state index is 0.470. The largest absolute Gasteiger partial charge is 0.307 e. The van der Waals surface area contributed by atoms with Crippen LogP contribution in [0.4, 0.5) is 5.69 Å². The Labute approximate surface area is 169 Å². The molecule has 0 atom stereocenters. The van der Waals surface area contributed by atoms with Crippen molar-refractivity contribution in [2.45, 2.75) is 13.8 Å². The molecule has 0 radical (unpaired) electrons. The van der Waals surface area contributed by atoms with E-state index in [4.69, 9.17) is 27.4 Å². The molecule has 5 nitrogen and oxygen atoms in total. The van der Waals surface area contributed by atoms with Crippen molar-refractivity contribution in [1.29, 1.82) is 0 Å². The third kappa shape index (κ3) is 3.91. The number of nitrogens with zero attached hydrogens (tertiary/aromatic N) is 3. The topological polar surface area (TPSA) is 68.2 Å². The Balaban J connectivity index is 2.29. The third-order valence-corrected chi connectivity index (χ3v) is 4.51. The van der Waals surface area contributed by atoms with Gasteiger partial charge in [-0.15, -0.1) is 0 Å². The van der Waals surface area contributed by atoms with E-state index in [9.17, 15) is 0 Å². The van der Waals surface area contributed by atoms with Crippen LogP contribution in [-0.4, -0.2) is 15.4 Å². The van der Waals surface area contributed by atoms with Crippen molar-refractivity contribution in [3.63, 3.8) is 0 Å². The van der Waals surface area contributed by atoms with Crippen LogP contribution in [0.3, 0.4) is 0 Å². The minimum atomic E-state index is 0.470. The van der Waals surface area contributed by atoms with Crippen molar-refractivity contribution in [1.82, 2.24) is 15.0 Å². The Morgan fingerprint density at radius 2 is 1.93 bits per heavy atom. The molecule has 0 amide bonds. The first-order valence-electron chi connectivity index (χ1n) is 8.83. The molecule has 1 heterocycles. The number of hydrogen-bond donors (Lipinski definition) is 2. The van der Waals surface area contributed by atoms with E-state index in [1.54, 1.807) is 6.08 Å². The van der Waals surface area contributed by atoms with Gasteiger partial charge in [0, 0.05) is 11.8 Å². The Kier molecular flexibility index (Phi) is 6.09. The quantitative estimate of drug-likeness (QED) is 0.272. The molecule has 0 saturated carbocycles. The van der Waals surface area contributed by atoms with E-state index in [0.717, 1.165) is 16.8 Å². The molecule has 0 unspecified atom stereocenters. The molecular weight excluding hydrogens is 370 g/mol. The van der Waals surface area contributed by atoms with E-state index in [1.165, 1.54) is 0 Å². The van der Waals surface area contributed by atoms with Crippen LogP contribution in [-0.2, 0) is 0 Å². The number of rotatable bonds is 5. The number of nitrogens with two attached hydrogens (primary N) is 1. The van der Waals surface area contributed by atoms with Gasteiger partial charge in [0.2, 0.25) is 0 Å². The highest BCUT2D eigenvalue weighted by molar-refractivity contribution is 6.33. The molecule has 0 saturated heterocycles. The van der Waals surface area contributed by atoms with Gasteiger partial charge in [0.05, 0.1) is 10.7 Å². The summed E-state index contributed by atoms with van der Waals surface area (Å²) in [7, 11) is 0. The van der Waals surface area contributed by atoms with Crippen LogP contribution in [0.1, 0.15) is 24.0 Å². The van der Waals surface area contributed by atoms with Gasteiger partial charge in [-0.3, -0.25) is 4.57 Å². The second-order valence-corrected chi connectivity index (χ2v) is 6.55. The number of amidine groups is 1. The Morgan fingerprint density at radius 3 is 2.54 bits per heavy atom. The highest BCUT2D eigenvalue weighted by Gasteiger charge is 2.22. The highest BCUT2D eigenvalue weighted by atomic mass is 35.5. The predicted octanol–water partition coefficient (Wildman–Crippen LogP) is 5.19. The van der Waals surface area contributed by atoms with E-state index in [0.29, 0.717) is 28.1 Å². The summed E-state index contributed by atoms with van der Waals surface area (Å²) in [5, 5.41) is 0.594. The molecule has 0 aliphatic heterocycles. The number of aryl methyl sites for hydroxylation is 1. The molecule has 0 aliphatic rings. The van der Waals surface area contributed by atoms with Crippen molar-refractivity contribution in [2.75, 3.05) is 0 Å². The summed E-state index contributed by atoms with van der Waals surface area (Å²) in [5.74, 6) is 7.01. The van der Waals surface area contributed by atoms with E-state index in [-0.39, 0.29) is 0 Å². The summed E-state index contributed by atoms with van der Waals surface area (Å²) in [6, 6.07) is 15.4. The van der Waals surface area contributed by atoms with E-state index < -0.39 is 0 Å². The van der Waals surface area contributed by atoms with Crippen molar-refractivity contribution >= 4 is 35.4 Å². The molecule has 142 valence electrons. The fourth-order valence-electron chi connectivity index (χ4n) is 2.86. The number of hydrogen-bond acceptors (Lipinski definition) is 3. The van der Waals surface area contributed by atoms with Gasteiger partial charge in [-0.05, 0) is 38.1 Å². The number of benzene rings is 2. The van der Waals surface area contributed by atoms with Gasteiger partial charge in [-0.25, -0.2) is 15.8 Å². The monoisotopic (exact) mass is 391 g/mol. The first-order chi connectivity index (χ1) is 13.6. The molecule has 0 spiro atoms. The predicted molar refractivity (Wildman–Crippen MR) is 118 cm³/mol. The van der Waals surface area contributed by atoms with Crippen LogP contribution >= 0.6 is 11.6 Å². The molecule has 3 N–H and O–H groups in total. The molecular formula is C22H22ClN5. The molecule has 3 rings (SSSR count). The van der Waals surface area contributed by atoms with Crippen LogP contribution in [0.15, 0.2) is 66.2 Å². The number of hydrazine groups is 1. The fourth-order valence-corrected chi connectivity index (χ4v) is 3.09. The molecule has 0 fully saturated rings. The van der Waals surface area contributed by atoms with Gasteiger partial charge < -0.3 is 5.43 Å². The summed E-state index contributed by atoms with van der Waals surface area (Å²) in [6.07, 6.45) is 5.49. The van der Waals surface area contributed by atoms with Crippen LogP contribution in [0.5, 0.6) is 0 Å². The summed E-state index contributed by atoms with van der Waals surface area (Å²) >= 11 is 6.45. The lowest BCUT2D eigenvalue weighted by Gasteiger charge is -2.11. The van der Waals surface area contributed by atoms with E-state index >= 15 is 0 Å². The van der Waals surface area contributed by atoms with Gasteiger partial charge in [-0.2, -0.15) is 0 Å². The lowest BCUT2D eigenvalue weighted by atomic mass is 10.1. The zero-order valence-electron chi connectivity index (χ0n) is 15.9. The molecule has 28 heavy (non-hydrogen) atoms. The Morgan fingerprint density at radius 1 is 1.21 bits per heavy atom. The Bertz CT molecular complexity index is 1050. The lowest BCUT2D eigenvalue weighted by molar-refractivity contribution is 0.994. The summed E-state index contributed by atoms with van der Waals surface area (Å²) in [5.41, 5.74) is 6.81. The second kappa shape index (κ2) is 8.69. The number of allylic oxidation sites excluding steroid dienone is 1. The van der Waals surface area contributed by atoms with Gasteiger partial charge >= 0.3 is 0 Å². The zero-order chi connectivity index (χ0) is 20.1. The average molecular weight is 392 g/mol. The highest BCUT2D eigenvalue weighted by Crippen LogP contribution is 2.31. The van der Waals surface area contributed by atoms with Crippen LogP contribution in [0, 0.1) is 6.92 Å². The van der Waals surface area contributed by atoms with Gasteiger partial charge in [-0.1, -0.05) is 60.2 Å². The molecule has 3 aromatic rings. The second-order valence-electron chi connectivity index (χ2n) is 6.14. The number of halogens is 1. The molecule has 0 aliphatic carbocycles. The SMILES string of the molecule is C=Cc1nc(-c2ccccc2Cl)c(C(=Nc2ccc(C)cc2)NN)n1/C=C\C. The number of aromatic nitrogens is 2. The van der Waals surface area contributed by atoms with Crippen molar-refractivity contribution < 1.29 is 0 Å². The van der Waals surface area contributed by atoms with Crippen LogP contribution in [0.25, 0.3) is 23.5 Å². The maximum atomic E-state index is 6.45. The van der Waals surface area contributed by atoms with Crippen LogP contribution < -0.4 is 11.3 Å². The van der Waals surface area contributed by atoms with Crippen molar-refractivity contribution in [2.24, 2.45) is 10.8 Å². The molecule has 2 aromatic carbocycles. The smallest absolute Gasteiger partial charge is 0.167 e. The number of aliphatic imine (C=N–C) groups is 1. The van der Waals surface area contributed by atoms with Gasteiger partial charge in [0.25, 0.3) is 0 Å². The first kappa shape index (κ1) is 19.6. The van der Waals surface area contributed by atoms with Gasteiger partial charge in [0.15, 0.2) is 5.84 Å². The number of nitrogens with one attached hydrogen (secondary N) is 1. The summed E-state index contributed by atoms with van der Waals surface area (Å²) in [6.45, 7) is 7.84. The zero-order valence-corrected chi connectivity index (χ0v) is 16.6. The third-order valence-electron chi connectivity index (χ3n) is 4.18. The van der Waals surface area contributed by atoms with E-state index in [1.807, 2.05) is 79.2 Å². The molecule has 1 aromatic heterocycles. The summed E-state index contributed by atoms with van der Waals surface area (Å²) in [4.78, 5) is 9.44. The first-order valence-corrected chi connectivity index (χ1v) is 9.21. The van der Waals surface area contributed by atoms with E-state index in [2.05, 4.69) is 12.0 Å². The fraction of sp³-hybridized carbons (Fsp3) is 0.0909.